The summed E-state index contributed by atoms with van der Waals surface area (Å²) in [6, 6.07) is 1.07. The Kier molecular flexibility index (Phi) is 13.2. The van der Waals surface area contributed by atoms with E-state index in [4.69, 9.17) is 22.9 Å². The summed E-state index contributed by atoms with van der Waals surface area (Å²) in [7, 11) is 0. The van der Waals surface area contributed by atoms with Gasteiger partial charge in [0.25, 0.3) is 0 Å². The molecule has 4 heteroatoms. The van der Waals surface area contributed by atoms with E-state index in [9.17, 15) is 0 Å². The first-order chi connectivity index (χ1) is 8.70. The highest BCUT2D eigenvalue weighted by molar-refractivity contribution is 4.66. The Hall–Kier alpha value is -0.160. The Morgan fingerprint density at radius 1 is 0.556 bits per heavy atom. The summed E-state index contributed by atoms with van der Waals surface area (Å²) in [4.78, 5) is 0. The average Bonchev–Trinajstić information content (AvgIpc) is 2.41. The minimum atomic E-state index is 0.536. The summed E-state index contributed by atoms with van der Waals surface area (Å²) in [5, 5.41) is 0. The molecule has 0 heterocycles. The van der Waals surface area contributed by atoms with Crippen molar-refractivity contribution >= 4 is 0 Å². The molecule has 0 unspecified atom stereocenters. The molecule has 0 bridgehead atoms. The maximum absolute atomic E-state index is 5.63. The first kappa shape index (κ1) is 17.8. The molecule has 0 saturated heterocycles. The molecule has 0 radical (unpaired) electrons. The van der Waals surface area contributed by atoms with Crippen molar-refractivity contribution in [3.05, 3.63) is 0 Å². The van der Waals surface area contributed by atoms with Gasteiger partial charge in [-0.25, -0.2) is 0 Å². The smallest absolute Gasteiger partial charge is 0.00461 e. The van der Waals surface area contributed by atoms with Crippen LogP contribution >= 0.6 is 0 Å². The summed E-state index contributed by atoms with van der Waals surface area (Å²) in [5.41, 5.74) is 21.1. The van der Waals surface area contributed by atoms with Crippen LogP contribution in [0.2, 0.25) is 0 Å². The fourth-order valence-corrected chi connectivity index (χ4v) is 2.27. The third-order valence-corrected chi connectivity index (χ3v) is 3.47. The van der Waals surface area contributed by atoms with Gasteiger partial charge in [-0.3, -0.25) is 0 Å². The Bertz CT molecular complexity index is 134. The van der Waals surface area contributed by atoms with Crippen molar-refractivity contribution < 1.29 is 0 Å². The van der Waals surface area contributed by atoms with Gasteiger partial charge in [-0.2, -0.15) is 0 Å². The fourth-order valence-electron chi connectivity index (χ4n) is 2.27. The van der Waals surface area contributed by atoms with E-state index in [0.717, 1.165) is 0 Å². The third-order valence-electron chi connectivity index (χ3n) is 3.47. The highest BCUT2D eigenvalue weighted by Gasteiger charge is 2.06. The van der Waals surface area contributed by atoms with Crippen LogP contribution in [0.1, 0.15) is 64.2 Å². The lowest BCUT2D eigenvalue weighted by molar-refractivity contribution is 0.441. The van der Waals surface area contributed by atoms with Gasteiger partial charge in [-0.05, 0) is 25.7 Å². The van der Waals surface area contributed by atoms with E-state index in [1.54, 1.807) is 0 Å². The highest BCUT2D eigenvalue weighted by Crippen LogP contribution is 2.15. The predicted molar refractivity (Wildman–Crippen MR) is 80.2 cm³/mol. The van der Waals surface area contributed by atoms with Crippen LogP contribution in [0.4, 0.5) is 0 Å². The van der Waals surface area contributed by atoms with E-state index in [0.29, 0.717) is 25.2 Å². The quantitative estimate of drug-likeness (QED) is 0.571. The topological polar surface area (TPSA) is 104 Å². The van der Waals surface area contributed by atoms with Gasteiger partial charge in [0, 0.05) is 25.2 Å². The minimum absolute atomic E-state index is 0.536. The first-order valence-electron chi connectivity index (χ1n) is 7.62. The van der Waals surface area contributed by atoms with Gasteiger partial charge in [0.15, 0.2) is 0 Å². The third kappa shape index (κ3) is 12.3. The molecule has 110 valence electrons. The van der Waals surface area contributed by atoms with Crippen LogP contribution in [0.5, 0.6) is 0 Å². The largest absolute Gasteiger partial charge is 0.329 e. The van der Waals surface area contributed by atoms with Crippen molar-refractivity contribution in [2.75, 3.05) is 13.1 Å². The Balaban J connectivity index is 0.000000253. The van der Waals surface area contributed by atoms with Crippen LogP contribution in [-0.2, 0) is 0 Å². The number of hydrogen-bond acceptors (Lipinski definition) is 4. The standard InChI is InChI=1S/2C6H13N.C2H8N2/c2*7-6-4-2-1-3-5-6;3-1-2-4/h2*6H,1-5,7H2;1-4H2. The van der Waals surface area contributed by atoms with Gasteiger partial charge in [-0.1, -0.05) is 38.5 Å². The molecule has 2 rings (SSSR count). The van der Waals surface area contributed by atoms with E-state index < -0.39 is 0 Å². The SMILES string of the molecule is NC1CCCCC1.NC1CCCCC1.NCCN. The molecular formula is C14H34N4. The number of nitrogens with two attached hydrogens (primary N) is 4. The van der Waals surface area contributed by atoms with E-state index in [1.807, 2.05) is 0 Å². The fraction of sp³-hybridized carbons (Fsp3) is 1.00. The first-order valence-corrected chi connectivity index (χ1v) is 7.62. The lowest BCUT2D eigenvalue weighted by Gasteiger charge is -2.15. The van der Waals surface area contributed by atoms with E-state index in [2.05, 4.69) is 0 Å². The summed E-state index contributed by atoms with van der Waals surface area (Å²) in [6.45, 7) is 1.19. The zero-order valence-electron chi connectivity index (χ0n) is 11.9. The molecule has 2 aliphatic rings. The summed E-state index contributed by atoms with van der Waals surface area (Å²) >= 11 is 0. The van der Waals surface area contributed by atoms with Gasteiger partial charge in [0.05, 0.1) is 0 Å². The van der Waals surface area contributed by atoms with Crippen LogP contribution in [0, 0.1) is 0 Å². The molecule has 18 heavy (non-hydrogen) atoms. The summed E-state index contributed by atoms with van der Waals surface area (Å²) in [6.07, 6.45) is 13.3. The molecule has 0 aliphatic heterocycles. The molecule has 0 amide bonds. The average molecular weight is 258 g/mol. The molecule has 4 nitrogen and oxygen atoms in total. The van der Waals surface area contributed by atoms with Crippen molar-refractivity contribution in [2.45, 2.75) is 76.3 Å². The summed E-state index contributed by atoms with van der Waals surface area (Å²) < 4.78 is 0. The molecule has 0 aromatic rings. The second-order valence-electron chi connectivity index (χ2n) is 5.37. The van der Waals surface area contributed by atoms with Crippen molar-refractivity contribution in [3.63, 3.8) is 0 Å². The van der Waals surface area contributed by atoms with Crippen LogP contribution in [0.3, 0.4) is 0 Å². The van der Waals surface area contributed by atoms with Crippen molar-refractivity contribution in [2.24, 2.45) is 22.9 Å². The van der Waals surface area contributed by atoms with Gasteiger partial charge in [-0.15, -0.1) is 0 Å². The van der Waals surface area contributed by atoms with E-state index >= 15 is 0 Å². The van der Waals surface area contributed by atoms with Crippen molar-refractivity contribution in [1.82, 2.24) is 0 Å². The molecule has 0 spiro atoms. The second-order valence-corrected chi connectivity index (χ2v) is 5.37. The molecule has 0 aromatic heterocycles. The number of hydrogen-bond donors (Lipinski definition) is 4. The zero-order chi connectivity index (χ0) is 13.6. The highest BCUT2D eigenvalue weighted by atomic mass is 14.6. The molecule has 8 N–H and O–H groups in total. The zero-order valence-corrected chi connectivity index (χ0v) is 11.9. The predicted octanol–water partition coefficient (Wildman–Crippen LogP) is 1.46. The van der Waals surface area contributed by atoms with Gasteiger partial charge in [0.1, 0.15) is 0 Å². The van der Waals surface area contributed by atoms with Gasteiger partial charge in [0.2, 0.25) is 0 Å². The molecule has 0 atom stereocenters. The van der Waals surface area contributed by atoms with Crippen LogP contribution in [-0.4, -0.2) is 25.2 Å². The second kappa shape index (κ2) is 13.3. The van der Waals surface area contributed by atoms with Gasteiger partial charge >= 0.3 is 0 Å². The molecular weight excluding hydrogens is 224 g/mol. The lowest BCUT2D eigenvalue weighted by Crippen LogP contribution is -2.22. The van der Waals surface area contributed by atoms with Crippen LogP contribution in [0.15, 0.2) is 0 Å². The molecule has 2 aliphatic carbocycles. The van der Waals surface area contributed by atoms with Gasteiger partial charge < -0.3 is 22.9 Å². The van der Waals surface area contributed by atoms with Crippen LogP contribution in [0.25, 0.3) is 0 Å². The Labute approximate surface area is 113 Å². The maximum atomic E-state index is 5.63. The Morgan fingerprint density at radius 2 is 0.833 bits per heavy atom. The van der Waals surface area contributed by atoms with Crippen LogP contribution < -0.4 is 22.9 Å². The minimum Gasteiger partial charge on any atom is -0.329 e. The Morgan fingerprint density at radius 3 is 0.944 bits per heavy atom. The normalized spacial score (nSPS) is 21.3. The van der Waals surface area contributed by atoms with Crippen molar-refractivity contribution in [1.29, 1.82) is 0 Å². The molecule has 2 saturated carbocycles. The molecule has 2 fully saturated rings. The summed E-state index contributed by atoms with van der Waals surface area (Å²) in [5.74, 6) is 0. The van der Waals surface area contributed by atoms with E-state index in [-0.39, 0.29) is 0 Å². The maximum Gasteiger partial charge on any atom is 0.00461 e. The van der Waals surface area contributed by atoms with E-state index in [1.165, 1.54) is 64.2 Å². The molecule has 0 aromatic carbocycles. The number of rotatable bonds is 1. The monoisotopic (exact) mass is 258 g/mol. The van der Waals surface area contributed by atoms with Crippen molar-refractivity contribution in [3.8, 4) is 0 Å². The lowest BCUT2D eigenvalue weighted by atomic mass is 9.97.